The van der Waals surface area contributed by atoms with Crippen molar-refractivity contribution in [3.05, 3.63) is 65.4 Å². The predicted octanol–water partition coefficient (Wildman–Crippen LogP) is 4.51. The average molecular weight is 405 g/mol. The Morgan fingerprint density at radius 2 is 1.76 bits per heavy atom. The molecule has 29 heavy (non-hydrogen) atoms. The smallest absolute Gasteiger partial charge is 0.339 e. The highest BCUT2D eigenvalue weighted by atomic mass is 32.1. The molecule has 2 aromatic carbocycles. The number of amides is 1. The lowest BCUT2D eigenvalue weighted by Gasteiger charge is -2.13. The van der Waals surface area contributed by atoms with Crippen molar-refractivity contribution in [2.24, 2.45) is 0 Å². The lowest BCUT2D eigenvalue weighted by molar-refractivity contribution is -0.119. The van der Waals surface area contributed by atoms with E-state index in [4.69, 9.17) is 4.74 Å². The number of nitrogens with zero attached hydrogens (tertiary/aromatic N) is 2. The van der Waals surface area contributed by atoms with E-state index in [-0.39, 0.29) is 6.61 Å². The number of para-hydroxylation sites is 2. The van der Waals surface area contributed by atoms with Gasteiger partial charge < -0.3 is 4.74 Å². The van der Waals surface area contributed by atoms with Crippen molar-refractivity contribution >= 4 is 49.5 Å². The molecule has 0 unspecified atom stereocenters. The Balaban J connectivity index is 1.51. The number of esters is 1. The summed E-state index contributed by atoms with van der Waals surface area (Å²) in [6, 6.07) is 15.1. The van der Waals surface area contributed by atoms with Crippen LogP contribution in [0, 0.1) is 6.92 Å². The monoisotopic (exact) mass is 405 g/mol. The molecule has 4 aromatic rings. The molecular weight excluding hydrogens is 386 g/mol. The minimum absolute atomic E-state index is 0.383. The molecule has 2 aromatic heterocycles. The first-order valence-electron chi connectivity index (χ1n) is 9.27. The molecule has 4 rings (SSSR count). The standard InChI is InChI=1S/C22H19N3O3S/c1-3-15-13(2)20(14-8-4-5-9-16(14)23-15)21(27)28-12-19(26)25-22-24-17-10-6-7-11-18(17)29-22/h4-11H,3,12H2,1-2H3,(H,24,25,26). The van der Waals surface area contributed by atoms with Gasteiger partial charge in [-0.3, -0.25) is 15.1 Å². The number of nitrogens with one attached hydrogen (secondary N) is 1. The van der Waals surface area contributed by atoms with Crippen molar-refractivity contribution in [3.63, 3.8) is 0 Å². The third-order valence-corrected chi connectivity index (χ3v) is 5.60. The molecule has 6 nitrogen and oxygen atoms in total. The number of hydrogen-bond acceptors (Lipinski definition) is 6. The molecule has 2 heterocycles. The number of carbonyl (C=O) groups is 2. The number of hydrogen-bond donors (Lipinski definition) is 1. The van der Waals surface area contributed by atoms with E-state index in [0.717, 1.165) is 32.4 Å². The number of anilines is 1. The van der Waals surface area contributed by atoms with Crippen LogP contribution < -0.4 is 5.32 Å². The maximum atomic E-state index is 12.8. The van der Waals surface area contributed by atoms with E-state index in [0.29, 0.717) is 17.1 Å². The van der Waals surface area contributed by atoms with Crippen LogP contribution in [0.4, 0.5) is 5.13 Å². The fraction of sp³-hybridized carbons (Fsp3) is 0.182. The van der Waals surface area contributed by atoms with Crippen molar-refractivity contribution in [1.82, 2.24) is 9.97 Å². The first-order valence-corrected chi connectivity index (χ1v) is 10.1. The van der Waals surface area contributed by atoms with Crippen molar-refractivity contribution in [2.45, 2.75) is 20.3 Å². The van der Waals surface area contributed by atoms with Gasteiger partial charge in [-0.2, -0.15) is 0 Å². The van der Waals surface area contributed by atoms with E-state index in [1.54, 1.807) is 0 Å². The summed E-state index contributed by atoms with van der Waals surface area (Å²) >= 11 is 1.37. The minimum atomic E-state index is -0.532. The molecule has 0 spiro atoms. The second-order valence-corrected chi connectivity index (χ2v) is 7.57. The van der Waals surface area contributed by atoms with Gasteiger partial charge in [-0.25, -0.2) is 9.78 Å². The van der Waals surface area contributed by atoms with E-state index in [1.165, 1.54) is 11.3 Å². The Bertz CT molecular complexity index is 1200. The molecule has 0 bridgehead atoms. The second-order valence-electron chi connectivity index (χ2n) is 6.54. The lowest BCUT2D eigenvalue weighted by atomic mass is 10.0. The molecular formula is C22H19N3O3S. The predicted molar refractivity (Wildman–Crippen MR) is 114 cm³/mol. The largest absolute Gasteiger partial charge is 0.452 e. The summed E-state index contributed by atoms with van der Waals surface area (Å²) < 4.78 is 6.30. The van der Waals surface area contributed by atoms with E-state index in [1.807, 2.05) is 62.4 Å². The second kappa shape index (κ2) is 7.97. The number of benzene rings is 2. The summed E-state index contributed by atoms with van der Waals surface area (Å²) in [6.07, 6.45) is 0.703. The summed E-state index contributed by atoms with van der Waals surface area (Å²) in [5.41, 5.74) is 3.63. The van der Waals surface area contributed by atoms with Gasteiger partial charge in [0.25, 0.3) is 5.91 Å². The molecule has 0 saturated carbocycles. The molecule has 0 saturated heterocycles. The molecule has 7 heteroatoms. The van der Waals surface area contributed by atoms with Crippen molar-refractivity contribution < 1.29 is 14.3 Å². The number of aromatic nitrogens is 2. The molecule has 0 fully saturated rings. The fourth-order valence-electron chi connectivity index (χ4n) is 3.25. The maximum absolute atomic E-state index is 12.8. The number of thiazole rings is 1. The number of aryl methyl sites for hydroxylation is 1. The Hall–Kier alpha value is -3.32. The van der Waals surface area contributed by atoms with E-state index in [9.17, 15) is 9.59 Å². The first kappa shape index (κ1) is 19.0. The van der Waals surface area contributed by atoms with Crippen LogP contribution in [0.1, 0.15) is 28.5 Å². The van der Waals surface area contributed by atoms with Crippen LogP contribution in [0.5, 0.6) is 0 Å². The SMILES string of the molecule is CCc1nc2ccccc2c(C(=O)OCC(=O)Nc2nc3ccccc3s2)c1C. The number of carbonyl (C=O) groups excluding carboxylic acids is 2. The number of rotatable bonds is 5. The van der Waals surface area contributed by atoms with Gasteiger partial charge in [0.15, 0.2) is 11.7 Å². The summed E-state index contributed by atoms with van der Waals surface area (Å²) in [5.74, 6) is -0.959. The normalized spacial score (nSPS) is 11.0. The molecule has 0 aliphatic carbocycles. The Kier molecular flexibility index (Phi) is 5.22. The Morgan fingerprint density at radius 3 is 2.52 bits per heavy atom. The van der Waals surface area contributed by atoms with Gasteiger partial charge >= 0.3 is 5.97 Å². The van der Waals surface area contributed by atoms with Crippen molar-refractivity contribution in [3.8, 4) is 0 Å². The zero-order valence-corrected chi connectivity index (χ0v) is 16.9. The highest BCUT2D eigenvalue weighted by molar-refractivity contribution is 7.22. The number of ether oxygens (including phenoxy) is 1. The molecule has 0 aliphatic heterocycles. The molecule has 0 radical (unpaired) electrons. The van der Waals surface area contributed by atoms with Crippen LogP contribution in [-0.4, -0.2) is 28.5 Å². The first-order chi connectivity index (χ1) is 14.1. The topological polar surface area (TPSA) is 81.2 Å². The minimum Gasteiger partial charge on any atom is -0.452 e. The fourth-order valence-corrected chi connectivity index (χ4v) is 4.13. The highest BCUT2D eigenvalue weighted by Gasteiger charge is 2.19. The molecule has 1 N–H and O–H groups in total. The van der Waals surface area contributed by atoms with Gasteiger partial charge in [0.2, 0.25) is 0 Å². The van der Waals surface area contributed by atoms with Crippen LogP contribution in [0.25, 0.3) is 21.1 Å². The molecule has 0 atom stereocenters. The van der Waals surface area contributed by atoms with Gasteiger partial charge in [0, 0.05) is 11.1 Å². The number of fused-ring (bicyclic) bond motifs is 2. The van der Waals surface area contributed by atoms with Gasteiger partial charge in [0.05, 0.1) is 21.3 Å². The van der Waals surface area contributed by atoms with Crippen LogP contribution in [0.3, 0.4) is 0 Å². The molecule has 0 aliphatic rings. The zero-order chi connectivity index (χ0) is 20.4. The van der Waals surface area contributed by atoms with Crippen LogP contribution in [0.2, 0.25) is 0 Å². The van der Waals surface area contributed by atoms with Gasteiger partial charge in [-0.1, -0.05) is 48.6 Å². The third-order valence-electron chi connectivity index (χ3n) is 4.65. The quantitative estimate of drug-likeness (QED) is 0.494. The zero-order valence-electron chi connectivity index (χ0n) is 16.1. The van der Waals surface area contributed by atoms with Crippen LogP contribution in [0.15, 0.2) is 48.5 Å². The summed E-state index contributed by atoms with van der Waals surface area (Å²) in [4.78, 5) is 34.0. The van der Waals surface area contributed by atoms with Gasteiger partial charge in [-0.05, 0) is 37.1 Å². The summed E-state index contributed by atoms with van der Waals surface area (Å²) in [5, 5.41) is 3.89. The van der Waals surface area contributed by atoms with E-state index >= 15 is 0 Å². The van der Waals surface area contributed by atoms with Crippen LogP contribution in [-0.2, 0) is 16.0 Å². The maximum Gasteiger partial charge on any atom is 0.339 e. The Labute approximate surface area is 171 Å². The number of pyridine rings is 1. The van der Waals surface area contributed by atoms with Gasteiger partial charge in [0.1, 0.15) is 0 Å². The van der Waals surface area contributed by atoms with E-state index in [2.05, 4.69) is 15.3 Å². The van der Waals surface area contributed by atoms with Crippen molar-refractivity contribution in [2.75, 3.05) is 11.9 Å². The molecule has 146 valence electrons. The lowest BCUT2D eigenvalue weighted by Crippen LogP contribution is -2.21. The van der Waals surface area contributed by atoms with Crippen LogP contribution >= 0.6 is 11.3 Å². The molecule has 1 amide bonds. The van der Waals surface area contributed by atoms with Gasteiger partial charge in [-0.15, -0.1) is 0 Å². The summed E-state index contributed by atoms with van der Waals surface area (Å²) in [7, 11) is 0. The Morgan fingerprint density at radius 1 is 1.03 bits per heavy atom. The summed E-state index contributed by atoms with van der Waals surface area (Å²) in [6.45, 7) is 3.47. The van der Waals surface area contributed by atoms with Crippen molar-refractivity contribution in [1.29, 1.82) is 0 Å². The van der Waals surface area contributed by atoms with E-state index < -0.39 is 11.9 Å². The average Bonchev–Trinajstić information content (AvgIpc) is 3.13. The highest BCUT2D eigenvalue weighted by Crippen LogP contribution is 2.26. The third kappa shape index (κ3) is 3.82.